The molecule has 2 aliphatic carbocycles. The first kappa shape index (κ1) is 13.9. The van der Waals surface area contributed by atoms with Crippen molar-refractivity contribution in [2.24, 2.45) is 17.8 Å². The second-order valence-corrected chi connectivity index (χ2v) is 6.58. The van der Waals surface area contributed by atoms with E-state index in [2.05, 4.69) is 17.3 Å². The van der Waals surface area contributed by atoms with Crippen LogP contribution in [0.2, 0.25) is 0 Å². The van der Waals surface area contributed by atoms with Crippen LogP contribution in [-0.4, -0.2) is 20.6 Å². The highest BCUT2D eigenvalue weighted by Crippen LogP contribution is 2.48. The zero-order chi connectivity index (χ0) is 14.1. The number of nitrogens with one attached hydrogen (secondary N) is 1. The standard InChI is InChI=1S/C17H25FN2/c1-19-10-15-16(18)4-3-5-17(15)20(2)11-14-9-12-6-7-13(14)8-12/h3-5,12-14,19H,6-11H2,1-2H3. The summed E-state index contributed by atoms with van der Waals surface area (Å²) in [6, 6.07) is 5.42. The highest BCUT2D eigenvalue weighted by Gasteiger charge is 2.39. The first-order valence-corrected chi connectivity index (χ1v) is 7.82. The molecule has 0 aliphatic heterocycles. The lowest BCUT2D eigenvalue weighted by atomic mass is 9.88. The third-order valence-electron chi connectivity index (χ3n) is 5.25. The van der Waals surface area contributed by atoms with E-state index >= 15 is 0 Å². The first-order chi connectivity index (χ1) is 9.69. The summed E-state index contributed by atoms with van der Waals surface area (Å²) < 4.78 is 14.0. The maximum atomic E-state index is 14.0. The van der Waals surface area contributed by atoms with Gasteiger partial charge in [-0.25, -0.2) is 4.39 Å². The fourth-order valence-electron chi connectivity index (χ4n) is 4.31. The molecule has 0 saturated heterocycles. The molecule has 3 heteroatoms. The van der Waals surface area contributed by atoms with Gasteiger partial charge >= 0.3 is 0 Å². The Morgan fingerprint density at radius 1 is 1.30 bits per heavy atom. The second kappa shape index (κ2) is 5.72. The Morgan fingerprint density at radius 2 is 2.15 bits per heavy atom. The van der Waals surface area contributed by atoms with Crippen LogP contribution in [0.25, 0.3) is 0 Å². The van der Waals surface area contributed by atoms with Crippen LogP contribution < -0.4 is 10.2 Å². The Hall–Kier alpha value is -1.09. The summed E-state index contributed by atoms with van der Waals surface area (Å²) in [5.74, 6) is 2.60. The van der Waals surface area contributed by atoms with Gasteiger partial charge in [-0.2, -0.15) is 0 Å². The molecule has 0 amide bonds. The topological polar surface area (TPSA) is 15.3 Å². The lowest BCUT2D eigenvalue weighted by Crippen LogP contribution is -2.30. The maximum absolute atomic E-state index is 14.0. The van der Waals surface area contributed by atoms with E-state index in [4.69, 9.17) is 0 Å². The number of halogens is 1. The van der Waals surface area contributed by atoms with Crippen LogP contribution in [0.15, 0.2) is 18.2 Å². The minimum absolute atomic E-state index is 0.100. The molecule has 1 N–H and O–H groups in total. The van der Waals surface area contributed by atoms with Crippen molar-refractivity contribution in [3.8, 4) is 0 Å². The third-order valence-corrected chi connectivity index (χ3v) is 5.25. The summed E-state index contributed by atoms with van der Waals surface area (Å²) in [6.07, 6.45) is 5.67. The summed E-state index contributed by atoms with van der Waals surface area (Å²) >= 11 is 0. The molecule has 3 atom stereocenters. The summed E-state index contributed by atoms with van der Waals surface area (Å²) in [4.78, 5) is 2.26. The van der Waals surface area contributed by atoms with Gasteiger partial charge in [-0.05, 0) is 56.2 Å². The maximum Gasteiger partial charge on any atom is 0.129 e. The van der Waals surface area contributed by atoms with Crippen molar-refractivity contribution in [3.63, 3.8) is 0 Å². The Labute approximate surface area is 121 Å². The van der Waals surface area contributed by atoms with Crippen LogP contribution in [0.5, 0.6) is 0 Å². The van der Waals surface area contributed by atoms with Crippen LogP contribution in [0.4, 0.5) is 10.1 Å². The molecule has 110 valence electrons. The number of hydrogen-bond donors (Lipinski definition) is 1. The van der Waals surface area contributed by atoms with Crippen LogP contribution in [-0.2, 0) is 6.54 Å². The molecule has 3 unspecified atom stereocenters. The number of nitrogens with zero attached hydrogens (tertiary/aromatic N) is 1. The molecule has 2 bridgehead atoms. The molecule has 2 fully saturated rings. The average molecular weight is 276 g/mol. The van der Waals surface area contributed by atoms with E-state index in [0.717, 1.165) is 35.5 Å². The van der Waals surface area contributed by atoms with Gasteiger partial charge in [0.15, 0.2) is 0 Å². The molecule has 1 aromatic carbocycles. The zero-order valence-electron chi connectivity index (χ0n) is 12.5. The molecular weight excluding hydrogens is 251 g/mol. The minimum atomic E-state index is -0.100. The molecule has 0 radical (unpaired) electrons. The summed E-state index contributed by atoms with van der Waals surface area (Å²) in [6.45, 7) is 1.66. The van der Waals surface area contributed by atoms with Gasteiger partial charge in [-0.15, -0.1) is 0 Å². The molecule has 2 aliphatic rings. The van der Waals surface area contributed by atoms with Crippen molar-refractivity contribution >= 4 is 5.69 Å². The van der Waals surface area contributed by atoms with E-state index in [0.29, 0.717) is 6.54 Å². The van der Waals surface area contributed by atoms with E-state index in [1.807, 2.05) is 19.2 Å². The molecule has 20 heavy (non-hydrogen) atoms. The SMILES string of the molecule is CNCc1c(F)cccc1N(C)CC1CC2CCC1C2. The van der Waals surface area contributed by atoms with E-state index in [1.165, 1.54) is 25.7 Å². The van der Waals surface area contributed by atoms with Gasteiger partial charge in [0, 0.05) is 31.4 Å². The molecule has 2 nitrogen and oxygen atoms in total. The lowest BCUT2D eigenvalue weighted by molar-refractivity contribution is 0.337. The number of benzene rings is 1. The van der Waals surface area contributed by atoms with Gasteiger partial charge < -0.3 is 10.2 Å². The van der Waals surface area contributed by atoms with Gasteiger partial charge in [-0.3, -0.25) is 0 Å². The van der Waals surface area contributed by atoms with E-state index in [-0.39, 0.29) is 5.82 Å². The largest absolute Gasteiger partial charge is 0.374 e. The van der Waals surface area contributed by atoms with Crippen LogP contribution in [0.3, 0.4) is 0 Å². The quantitative estimate of drug-likeness (QED) is 0.886. The second-order valence-electron chi connectivity index (χ2n) is 6.58. The normalized spacial score (nSPS) is 28.1. The third kappa shape index (κ3) is 2.56. The van der Waals surface area contributed by atoms with Gasteiger partial charge in [-0.1, -0.05) is 12.5 Å². The van der Waals surface area contributed by atoms with Crippen LogP contribution >= 0.6 is 0 Å². The van der Waals surface area contributed by atoms with Crippen LogP contribution in [0, 0.1) is 23.6 Å². The molecule has 3 rings (SSSR count). The zero-order valence-corrected chi connectivity index (χ0v) is 12.5. The number of rotatable bonds is 5. The molecule has 0 heterocycles. The Balaban J connectivity index is 1.73. The molecule has 1 aromatic rings. The lowest BCUT2D eigenvalue weighted by Gasteiger charge is -2.30. The van der Waals surface area contributed by atoms with Crippen molar-refractivity contribution in [2.45, 2.75) is 32.2 Å². The predicted octanol–water partition coefficient (Wildman–Crippen LogP) is 3.42. The summed E-state index contributed by atoms with van der Waals surface area (Å²) in [5.41, 5.74) is 1.84. The smallest absolute Gasteiger partial charge is 0.129 e. The number of hydrogen-bond acceptors (Lipinski definition) is 2. The Kier molecular flexibility index (Phi) is 3.97. The molecule has 2 saturated carbocycles. The predicted molar refractivity (Wildman–Crippen MR) is 81.4 cm³/mol. The van der Waals surface area contributed by atoms with Gasteiger partial charge in [0.25, 0.3) is 0 Å². The fourth-order valence-corrected chi connectivity index (χ4v) is 4.31. The van der Waals surface area contributed by atoms with E-state index < -0.39 is 0 Å². The van der Waals surface area contributed by atoms with Crippen molar-refractivity contribution < 1.29 is 4.39 Å². The van der Waals surface area contributed by atoms with E-state index in [9.17, 15) is 4.39 Å². The molecule has 0 aromatic heterocycles. The summed E-state index contributed by atoms with van der Waals surface area (Å²) in [5, 5.41) is 3.07. The highest BCUT2D eigenvalue weighted by atomic mass is 19.1. The average Bonchev–Trinajstić information content (AvgIpc) is 3.03. The highest BCUT2D eigenvalue weighted by molar-refractivity contribution is 5.53. The number of anilines is 1. The van der Waals surface area contributed by atoms with Crippen molar-refractivity contribution in [2.75, 3.05) is 25.5 Å². The van der Waals surface area contributed by atoms with Gasteiger partial charge in [0.2, 0.25) is 0 Å². The minimum Gasteiger partial charge on any atom is -0.374 e. The van der Waals surface area contributed by atoms with Crippen molar-refractivity contribution in [1.82, 2.24) is 5.32 Å². The summed E-state index contributed by atoms with van der Waals surface area (Å²) in [7, 11) is 3.98. The first-order valence-electron chi connectivity index (χ1n) is 7.82. The monoisotopic (exact) mass is 276 g/mol. The van der Waals surface area contributed by atoms with Crippen molar-refractivity contribution in [3.05, 3.63) is 29.6 Å². The van der Waals surface area contributed by atoms with Gasteiger partial charge in [0.1, 0.15) is 5.82 Å². The molecular formula is C17H25FN2. The molecule has 0 spiro atoms. The van der Waals surface area contributed by atoms with Gasteiger partial charge in [0.05, 0.1) is 0 Å². The Morgan fingerprint density at radius 3 is 2.80 bits per heavy atom. The van der Waals surface area contributed by atoms with Crippen LogP contribution in [0.1, 0.15) is 31.2 Å². The number of fused-ring (bicyclic) bond motifs is 2. The Bertz CT molecular complexity index is 474. The van der Waals surface area contributed by atoms with E-state index in [1.54, 1.807) is 6.07 Å². The fraction of sp³-hybridized carbons (Fsp3) is 0.647. The van der Waals surface area contributed by atoms with Crippen molar-refractivity contribution in [1.29, 1.82) is 0 Å².